The number of nitrogens with one attached hydrogen (secondary N) is 1. The summed E-state index contributed by atoms with van der Waals surface area (Å²) in [6.07, 6.45) is 0. The molecule has 1 rings (SSSR count). The van der Waals surface area contributed by atoms with E-state index in [4.69, 9.17) is 10.5 Å². The third-order valence-corrected chi connectivity index (χ3v) is 3.82. The number of benzene rings is 1. The molecule has 0 spiro atoms. The molecule has 0 saturated carbocycles. The van der Waals surface area contributed by atoms with Crippen LogP contribution in [0.3, 0.4) is 0 Å². The maximum absolute atomic E-state index is 11.9. The largest absolute Gasteiger partial charge is 0.241 e. The summed E-state index contributed by atoms with van der Waals surface area (Å²) < 4.78 is 26.0. The molecule has 0 fully saturated rings. The Bertz CT molecular complexity index is 609. The first-order valence-electron chi connectivity index (χ1n) is 4.83. The molecular formula is C11H11N3O2S. The van der Waals surface area contributed by atoms with E-state index in [1.165, 1.54) is 25.1 Å². The Balaban J connectivity index is 3.18. The quantitative estimate of drug-likeness (QED) is 0.866. The molecule has 0 heterocycles. The summed E-state index contributed by atoms with van der Waals surface area (Å²) in [7, 11) is -3.71. The molecule has 1 atom stereocenters. The van der Waals surface area contributed by atoms with E-state index in [9.17, 15) is 8.42 Å². The van der Waals surface area contributed by atoms with Crippen LogP contribution in [0.25, 0.3) is 0 Å². The average molecular weight is 249 g/mol. The molecule has 1 unspecified atom stereocenters. The van der Waals surface area contributed by atoms with Crippen LogP contribution >= 0.6 is 0 Å². The van der Waals surface area contributed by atoms with Crippen LogP contribution < -0.4 is 4.72 Å². The standard InChI is InChI=1S/C11H11N3O2S/c1-8-5-10(7-13)3-4-11(8)17(15,16)14-9(2)6-12/h3-5,9,14H,1-2H3. The number of sulfonamides is 1. The maximum Gasteiger partial charge on any atom is 0.241 e. The molecule has 0 radical (unpaired) electrons. The van der Waals surface area contributed by atoms with Gasteiger partial charge in [-0.1, -0.05) is 0 Å². The molecule has 5 nitrogen and oxygen atoms in total. The summed E-state index contributed by atoms with van der Waals surface area (Å²) in [6.45, 7) is 3.06. The Morgan fingerprint density at radius 2 is 2.00 bits per heavy atom. The Hall–Kier alpha value is -1.89. The number of rotatable bonds is 3. The molecule has 88 valence electrons. The number of hydrogen-bond acceptors (Lipinski definition) is 4. The average Bonchev–Trinajstić information content (AvgIpc) is 2.27. The van der Waals surface area contributed by atoms with Crippen LogP contribution in [-0.2, 0) is 10.0 Å². The van der Waals surface area contributed by atoms with Crippen molar-refractivity contribution in [3.05, 3.63) is 29.3 Å². The molecule has 0 aliphatic rings. The van der Waals surface area contributed by atoms with Crippen molar-refractivity contribution in [3.63, 3.8) is 0 Å². The van der Waals surface area contributed by atoms with Crippen molar-refractivity contribution in [1.82, 2.24) is 4.72 Å². The summed E-state index contributed by atoms with van der Waals surface area (Å²) in [5, 5.41) is 17.3. The minimum atomic E-state index is -3.71. The fourth-order valence-corrected chi connectivity index (χ4v) is 2.72. The minimum Gasteiger partial charge on any atom is -0.207 e. The predicted octanol–water partition coefficient (Wildman–Crippen LogP) is 1.06. The lowest BCUT2D eigenvalue weighted by Crippen LogP contribution is -2.31. The summed E-state index contributed by atoms with van der Waals surface area (Å²) in [6, 6.07) is 7.21. The van der Waals surface area contributed by atoms with Crippen molar-refractivity contribution >= 4 is 10.0 Å². The molecule has 1 aromatic carbocycles. The van der Waals surface area contributed by atoms with Crippen LogP contribution in [-0.4, -0.2) is 14.5 Å². The van der Waals surface area contributed by atoms with E-state index in [0.29, 0.717) is 11.1 Å². The molecule has 0 amide bonds. The van der Waals surface area contributed by atoms with Gasteiger partial charge in [0.25, 0.3) is 0 Å². The summed E-state index contributed by atoms with van der Waals surface area (Å²) in [5.74, 6) is 0. The Labute approximate surface area is 100 Å². The summed E-state index contributed by atoms with van der Waals surface area (Å²) in [4.78, 5) is 0.0820. The molecule has 0 aromatic heterocycles. The highest BCUT2D eigenvalue weighted by Gasteiger charge is 2.19. The second-order valence-electron chi connectivity index (χ2n) is 3.56. The Kier molecular flexibility index (Phi) is 3.84. The van der Waals surface area contributed by atoms with Gasteiger partial charge in [-0.3, -0.25) is 0 Å². The third-order valence-electron chi connectivity index (χ3n) is 2.12. The van der Waals surface area contributed by atoms with Crippen molar-refractivity contribution < 1.29 is 8.42 Å². The Morgan fingerprint density at radius 3 is 2.47 bits per heavy atom. The second-order valence-corrected chi connectivity index (χ2v) is 5.25. The van der Waals surface area contributed by atoms with E-state index < -0.39 is 16.1 Å². The maximum atomic E-state index is 11.9. The molecule has 0 aliphatic carbocycles. The zero-order chi connectivity index (χ0) is 13.1. The molecule has 6 heteroatoms. The van der Waals surface area contributed by atoms with Crippen molar-refractivity contribution in [2.45, 2.75) is 24.8 Å². The van der Waals surface area contributed by atoms with Crippen LogP contribution in [0.15, 0.2) is 23.1 Å². The number of aryl methyl sites for hydroxylation is 1. The highest BCUT2D eigenvalue weighted by Crippen LogP contribution is 2.16. The monoisotopic (exact) mass is 249 g/mol. The number of nitrogens with zero attached hydrogens (tertiary/aromatic N) is 2. The lowest BCUT2D eigenvalue weighted by atomic mass is 10.2. The fraction of sp³-hybridized carbons (Fsp3) is 0.273. The van der Waals surface area contributed by atoms with E-state index in [1.807, 2.05) is 6.07 Å². The van der Waals surface area contributed by atoms with E-state index in [0.717, 1.165) is 0 Å². The third kappa shape index (κ3) is 3.04. The van der Waals surface area contributed by atoms with Gasteiger partial charge in [0.1, 0.15) is 6.04 Å². The Morgan fingerprint density at radius 1 is 1.35 bits per heavy atom. The zero-order valence-electron chi connectivity index (χ0n) is 9.43. The van der Waals surface area contributed by atoms with Gasteiger partial charge in [-0.25, -0.2) is 8.42 Å². The molecule has 0 saturated heterocycles. The fourth-order valence-electron chi connectivity index (χ4n) is 1.34. The van der Waals surface area contributed by atoms with E-state index in [-0.39, 0.29) is 4.90 Å². The molecule has 1 aromatic rings. The number of hydrogen-bond donors (Lipinski definition) is 1. The molecule has 17 heavy (non-hydrogen) atoms. The van der Waals surface area contributed by atoms with Gasteiger partial charge in [-0.2, -0.15) is 15.2 Å². The van der Waals surface area contributed by atoms with Gasteiger partial charge < -0.3 is 0 Å². The SMILES string of the molecule is Cc1cc(C#N)ccc1S(=O)(=O)NC(C)C#N. The van der Waals surface area contributed by atoms with Crippen LogP contribution in [0.2, 0.25) is 0 Å². The molecule has 1 N–H and O–H groups in total. The van der Waals surface area contributed by atoms with Crippen molar-refractivity contribution in [1.29, 1.82) is 10.5 Å². The van der Waals surface area contributed by atoms with Crippen LogP contribution in [0.5, 0.6) is 0 Å². The van der Waals surface area contributed by atoms with Crippen molar-refractivity contribution in [3.8, 4) is 12.1 Å². The van der Waals surface area contributed by atoms with Gasteiger partial charge in [0.05, 0.1) is 22.6 Å². The number of nitriles is 2. The van der Waals surface area contributed by atoms with Crippen LogP contribution in [0.1, 0.15) is 18.1 Å². The van der Waals surface area contributed by atoms with E-state index in [2.05, 4.69) is 4.72 Å². The highest BCUT2D eigenvalue weighted by molar-refractivity contribution is 7.89. The van der Waals surface area contributed by atoms with E-state index in [1.54, 1.807) is 13.0 Å². The molecule has 0 aliphatic heterocycles. The first-order valence-corrected chi connectivity index (χ1v) is 6.31. The summed E-state index contributed by atoms with van der Waals surface area (Å²) in [5.41, 5.74) is 0.872. The second kappa shape index (κ2) is 4.96. The van der Waals surface area contributed by atoms with Gasteiger partial charge in [-0.05, 0) is 37.6 Å². The lowest BCUT2D eigenvalue weighted by Gasteiger charge is -2.10. The van der Waals surface area contributed by atoms with Gasteiger partial charge in [0.2, 0.25) is 10.0 Å². The van der Waals surface area contributed by atoms with Crippen molar-refractivity contribution in [2.75, 3.05) is 0 Å². The topological polar surface area (TPSA) is 93.8 Å². The van der Waals surface area contributed by atoms with Crippen LogP contribution in [0, 0.1) is 29.6 Å². The van der Waals surface area contributed by atoms with E-state index >= 15 is 0 Å². The normalized spacial score (nSPS) is 12.5. The highest BCUT2D eigenvalue weighted by atomic mass is 32.2. The van der Waals surface area contributed by atoms with Gasteiger partial charge in [-0.15, -0.1) is 0 Å². The zero-order valence-corrected chi connectivity index (χ0v) is 10.2. The summed E-state index contributed by atoms with van der Waals surface area (Å²) >= 11 is 0. The lowest BCUT2D eigenvalue weighted by molar-refractivity contribution is 0.576. The molecule has 0 bridgehead atoms. The smallest absolute Gasteiger partial charge is 0.207 e. The van der Waals surface area contributed by atoms with Crippen LogP contribution in [0.4, 0.5) is 0 Å². The van der Waals surface area contributed by atoms with Crippen molar-refractivity contribution in [2.24, 2.45) is 0 Å². The van der Waals surface area contributed by atoms with Gasteiger partial charge >= 0.3 is 0 Å². The first-order chi connectivity index (χ1) is 7.90. The minimum absolute atomic E-state index is 0.0820. The predicted molar refractivity (Wildman–Crippen MR) is 61.3 cm³/mol. The first kappa shape index (κ1) is 13.2. The molecular weight excluding hydrogens is 238 g/mol. The van der Waals surface area contributed by atoms with Gasteiger partial charge in [0.15, 0.2) is 0 Å². The van der Waals surface area contributed by atoms with Gasteiger partial charge in [0, 0.05) is 0 Å².